The van der Waals surface area contributed by atoms with E-state index in [2.05, 4.69) is 5.32 Å². The Hall–Kier alpha value is -0.160. The molecule has 4 N–H and O–H groups in total. The van der Waals surface area contributed by atoms with E-state index in [9.17, 15) is 0 Å². The molecule has 4 atom stereocenters. The molecule has 1 heterocycles. The fraction of sp³-hybridized carbons (Fsp3) is 1.00. The zero-order valence-electron chi connectivity index (χ0n) is 5.86. The molecule has 1 saturated heterocycles. The van der Waals surface area contributed by atoms with E-state index in [0.717, 1.165) is 0 Å². The SMILES string of the molecule is C[C@H](O)[C@@H]1NC[C@@H](O)[C@@H]1O. The van der Waals surface area contributed by atoms with E-state index < -0.39 is 18.3 Å². The molecule has 0 bridgehead atoms. The topological polar surface area (TPSA) is 72.7 Å². The first-order valence-electron chi connectivity index (χ1n) is 3.40. The van der Waals surface area contributed by atoms with Crippen LogP contribution in [-0.2, 0) is 0 Å². The summed E-state index contributed by atoms with van der Waals surface area (Å²) in [5, 5.41) is 30.0. The average molecular weight is 147 g/mol. The molecule has 0 aromatic rings. The number of hydrogen-bond donors (Lipinski definition) is 4. The summed E-state index contributed by atoms with van der Waals surface area (Å²) in [4.78, 5) is 0. The molecule has 0 aromatic heterocycles. The Morgan fingerprint density at radius 2 is 2.10 bits per heavy atom. The Balaban J connectivity index is 2.49. The highest BCUT2D eigenvalue weighted by Gasteiger charge is 2.35. The van der Waals surface area contributed by atoms with E-state index in [1.807, 2.05) is 0 Å². The standard InChI is InChI=1S/C6H13NO3/c1-3(8)5-6(10)4(9)2-7-5/h3-10H,2H2,1H3/t3-,4+,5-,6-/m0/s1. The highest BCUT2D eigenvalue weighted by Crippen LogP contribution is 2.10. The number of β-amino-alcohol motifs (C(OH)–C–C–N with tert-alkyl or cyclic N) is 1. The molecule has 0 unspecified atom stereocenters. The van der Waals surface area contributed by atoms with Crippen LogP contribution in [0.25, 0.3) is 0 Å². The first-order chi connectivity index (χ1) is 4.63. The van der Waals surface area contributed by atoms with Gasteiger partial charge in [-0.3, -0.25) is 0 Å². The van der Waals surface area contributed by atoms with Gasteiger partial charge in [0.1, 0.15) is 0 Å². The number of rotatable bonds is 1. The van der Waals surface area contributed by atoms with Gasteiger partial charge in [-0.25, -0.2) is 0 Å². The molecular weight excluding hydrogens is 134 g/mol. The highest BCUT2D eigenvalue weighted by molar-refractivity contribution is 4.92. The lowest BCUT2D eigenvalue weighted by Gasteiger charge is -2.18. The minimum absolute atomic E-state index is 0.358. The van der Waals surface area contributed by atoms with E-state index in [0.29, 0.717) is 6.54 Å². The van der Waals surface area contributed by atoms with Gasteiger partial charge in [0, 0.05) is 6.54 Å². The Kier molecular flexibility index (Phi) is 2.25. The van der Waals surface area contributed by atoms with Gasteiger partial charge in [-0.1, -0.05) is 0 Å². The van der Waals surface area contributed by atoms with Crippen LogP contribution < -0.4 is 5.32 Å². The van der Waals surface area contributed by atoms with Crippen LogP contribution in [0.4, 0.5) is 0 Å². The summed E-state index contributed by atoms with van der Waals surface area (Å²) in [5.74, 6) is 0. The van der Waals surface area contributed by atoms with Crippen molar-refractivity contribution in [1.29, 1.82) is 0 Å². The second-order valence-corrected chi connectivity index (χ2v) is 2.73. The summed E-state index contributed by atoms with van der Waals surface area (Å²) >= 11 is 0. The predicted molar refractivity (Wildman–Crippen MR) is 35.5 cm³/mol. The first kappa shape index (κ1) is 7.94. The third-order valence-electron chi connectivity index (χ3n) is 1.84. The average Bonchev–Trinajstić information content (AvgIpc) is 2.14. The van der Waals surface area contributed by atoms with Crippen LogP contribution in [0.5, 0.6) is 0 Å². The van der Waals surface area contributed by atoms with Crippen molar-refractivity contribution in [3.8, 4) is 0 Å². The minimum atomic E-state index is -0.833. The second-order valence-electron chi connectivity index (χ2n) is 2.73. The van der Waals surface area contributed by atoms with Crippen LogP contribution in [-0.4, -0.2) is 46.2 Å². The molecule has 10 heavy (non-hydrogen) atoms. The summed E-state index contributed by atoms with van der Waals surface area (Å²) in [6, 6.07) is -0.380. The summed E-state index contributed by atoms with van der Waals surface area (Å²) in [7, 11) is 0. The second kappa shape index (κ2) is 2.84. The van der Waals surface area contributed by atoms with Crippen molar-refractivity contribution < 1.29 is 15.3 Å². The third-order valence-corrected chi connectivity index (χ3v) is 1.84. The van der Waals surface area contributed by atoms with Gasteiger partial charge in [0.25, 0.3) is 0 Å². The molecule has 1 aliphatic rings. The number of nitrogens with one attached hydrogen (secondary N) is 1. The summed E-state index contributed by atoms with van der Waals surface area (Å²) < 4.78 is 0. The molecule has 0 saturated carbocycles. The maximum atomic E-state index is 9.16. The van der Waals surface area contributed by atoms with Crippen LogP contribution in [0.1, 0.15) is 6.92 Å². The molecular formula is C6H13NO3. The van der Waals surface area contributed by atoms with Gasteiger partial charge < -0.3 is 20.6 Å². The van der Waals surface area contributed by atoms with Crippen molar-refractivity contribution in [2.75, 3.05) is 6.54 Å². The van der Waals surface area contributed by atoms with E-state index >= 15 is 0 Å². The van der Waals surface area contributed by atoms with E-state index in [1.54, 1.807) is 6.92 Å². The van der Waals surface area contributed by atoms with E-state index in [-0.39, 0.29) is 6.04 Å². The summed E-state index contributed by atoms with van der Waals surface area (Å²) in [6.07, 6.45) is -2.19. The van der Waals surface area contributed by atoms with Crippen LogP contribution in [0, 0.1) is 0 Å². The van der Waals surface area contributed by atoms with Crippen LogP contribution >= 0.6 is 0 Å². The normalized spacial score (nSPS) is 43.8. The van der Waals surface area contributed by atoms with Gasteiger partial charge in [0.2, 0.25) is 0 Å². The molecule has 0 amide bonds. The van der Waals surface area contributed by atoms with Crippen LogP contribution in [0.2, 0.25) is 0 Å². The van der Waals surface area contributed by atoms with Gasteiger partial charge in [-0.15, -0.1) is 0 Å². The smallest absolute Gasteiger partial charge is 0.0989 e. The van der Waals surface area contributed by atoms with Crippen molar-refractivity contribution in [1.82, 2.24) is 5.32 Å². The Bertz CT molecular complexity index is 118. The zero-order valence-corrected chi connectivity index (χ0v) is 5.86. The lowest BCUT2D eigenvalue weighted by Crippen LogP contribution is -2.41. The van der Waals surface area contributed by atoms with Crippen molar-refractivity contribution >= 4 is 0 Å². The monoisotopic (exact) mass is 147 g/mol. The fourth-order valence-corrected chi connectivity index (χ4v) is 1.19. The molecule has 4 heteroatoms. The first-order valence-corrected chi connectivity index (χ1v) is 3.40. The van der Waals surface area contributed by atoms with Crippen molar-refractivity contribution in [3.63, 3.8) is 0 Å². The van der Waals surface area contributed by atoms with Gasteiger partial charge in [-0.2, -0.15) is 0 Å². The molecule has 1 rings (SSSR count). The van der Waals surface area contributed by atoms with Gasteiger partial charge in [0.15, 0.2) is 0 Å². The lowest BCUT2D eigenvalue weighted by molar-refractivity contribution is 0.0114. The summed E-state index contributed by atoms with van der Waals surface area (Å²) in [6.45, 7) is 1.94. The van der Waals surface area contributed by atoms with Crippen molar-refractivity contribution in [2.24, 2.45) is 0 Å². The third kappa shape index (κ3) is 1.29. The lowest BCUT2D eigenvalue weighted by atomic mass is 10.1. The number of hydrogen-bond acceptors (Lipinski definition) is 4. The maximum Gasteiger partial charge on any atom is 0.0989 e. The predicted octanol–water partition coefficient (Wildman–Crippen LogP) is -1.94. The van der Waals surface area contributed by atoms with E-state index in [4.69, 9.17) is 15.3 Å². The minimum Gasteiger partial charge on any atom is -0.392 e. The molecule has 0 spiro atoms. The quantitative estimate of drug-likeness (QED) is 0.348. The van der Waals surface area contributed by atoms with Crippen LogP contribution in [0.15, 0.2) is 0 Å². The van der Waals surface area contributed by atoms with Gasteiger partial charge in [0.05, 0.1) is 24.4 Å². The molecule has 0 aromatic carbocycles. The van der Waals surface area contributed by atoms with Gasteiger partial charge >= 0.3 is 0 Å². The largest absolute Gasteiger partial charge is 0.392 e. The Morgan fingerprint density at radius 1 is 1.50 bits per heavy atom. The zero-order chi connectivity index (χ0) is 7.72. The van der Waals surface area contributed by atoms with E-state index in [1.165, 1.54) is 0 Å². The van der Waals surface area contributed by atoms with Crippen molar-refractivity contribution in [2.45, 2.75) is 31.3 Å². The molecule has 0 aliphatic carbocycles. The molecule has 1 aliphatic heterocycles. The van der Waals surface area contributed by atoms with Gasteiger partial charge in [-0.05, 0) is 6.92 Å². The Morgan fingerprint density at radius 3 is 2.30 bits per heavy atom. The number of aliphatic hydroxyl groups excluding tert-OH is 3. The highest BCUT2D eigenvalue weighted by atomic mass is 16.3. The van der Waals surface area contributed by atoms with Crippen molar-refractivity contribution in [3.05, 3.63) is 0 Å². The molecule has 1 fully saturated rings. The summed E-state index contributed by atoms with van der Waals surface area (Å²) in [5.41, 5.74) is 0. The fourth-order valence-electron chi connectivity index (χ4n) is 1.19. The molecule has 0 radical (unpaired) electrons. The molecule has 60 valence electrons. The Labute approximate surface area is 59.5 Å². The molecule has 4 nitrogen and oxygen atoms in total. The maximum absolute atomic E-state index is 9.16. The number of aliphatic hydroxyl groups is 3. The van der Waals surface area contributed by atoms with Crippen LogP contribution in [0.3, 0.4) is 0 Å².